The topological polar surface area (TPSA) is 68.1 Å². The second-order valence-corrected chi connectivity index (χ2v) is 5.99. The smallest absolute Gasteiger partial charge is 0.293 e. The summed E-state index contributed by atoms with van der Waals surface area (Å²) in [7, 11) is 0. The van der Waals surface area contributed by atoms with Crippen molar-refractivity contribution in [2.45, 2.75) is 6.54 Å². The van der Waals surface area contributed by atoms with Crippen LogP contribution >= 0.6 is 46.1 Å². The molecule has 0 amide bonds. The van der Waals surface area contributed by atoms with E-state index in [-0.39, 0.29) is 15.7 Å². The zero-order chi connectivity index (χ0) is 14.0. The molecule has 9 heteroatoms. The van der Waals surface area contributed by atoms with Gasteiger partial charge in [0.2, 0.25) is 0 Å². The third kappa shape index (κ3) is 3.48. The van der Waals surface area contributed by atoms with Gasteiger partial charge in [-0.3, -0.25) is 10.1 Å². The fourth-order valence-electron chi connectivity index (χ4n) is 1.38. The minimum atomic E-state index is -0.524. The van der Waals surface area contributed by atoms with Gasteiger partial charge in [0, 0.05) is 17.1 Å². The summed E-state index contributed by atoms with van der Waals surface area (Å²) in [5.41, 5.74) is 0.161. The Hall–Kier alpha value is -1.08. The molecule has 0 aliphatic carbocycles. The third-order valence-corrected chi connectivity index (χ3v) is 4.05. The molecule has 0 saturated carbocycles. The summed E-state index contributed by atoms with van der Waals surface area (Å²) in [5, 5.41) is 14.2. The van der Waals surface area contributed by atoms with Crippen LogP contribution in [0.5, 0.6) is 0 Å². The number of hydrogen-bond acceptors (Lipinski definition) is 5. The first kappa shape index (κ1) is 14.3. The first-order valence-corrected chi connectivity index (χ1v) is 6.90. The number of nitro benzene ring substituents is 1. The van der Waals surface area contributed by atoms with Crippen LogP contribution in [0.3, 0.4) is 0 Å². The lowest BCUT2D eigenvalue weighted by Gasteiger charge is -2.07. The minimum Gasteiger partial charge on any atom is -0.374 e. The standard InChI is InChI=1S/C10H6Cl3N3O2S/c11-6-1-8(9(16(17)18)2-7(6)12)14-3-5-4-15-10(13)19-5/h1-2,4,14H,3H2. The largest absolute Gasteiger partial charge is 0.374 e. The van der Waals surface area contributed by atoms with Gasteiger partial charge in [-0.25, -0.2) is 4.98 Å². The van der Waals surface area contributed by atoms with Crippen LogP contribution in [0, 0.1) is 10.1 Å². The summed E-state index contributed by atoms with van der Waals surface area (Å²) >= 11 is 18.6. The van der Waals surface area contributed by atoms with Gasteiger partial charge in [0.25, 0.3) is 5.69 Å². The Morgan fingerprint density at radius 1 is 1.32 bits per heavy atom. The van der Waals surface area contributed by atoms with Crippen LogP contribution in [0.25, 0.3) is 0 Å². The van der Waals surface area contributed by atoms with Gasteiger partial charge in [0.05, 0.1) is 21.5 Å². The number of nitro groups is 1. The van der Waals surface area contributed by atoms with E-state index in [1.165, 1.54) is 23.5 Å². The van der Waals surface area contributed by atoms with Crippen molar-refractivity contribution >= 4 is 57.5 Å². The fraction of sp³-hybridized carbons (Fsp3) is 0.100. The summed E-state index contributed by atoms with van der Waals surface area (Å²) < 4.78 is 0.417. The average molecular weight is 339 g/mol. The number of thiazole rings is 1. The summed E-state index contributed by atoms with van der Waals surface area (Å²) in [4.78, 5) is 15.1. The Morgan fingerprint density at radius 3 is 2.58 bits per heavy atom. The Bertz CT molecular complexity index is 632. The molecule has 0 radical (unpaired) electrons. The van der Waals surface area contributed by atoms with E-state index in [1.54, 1.807) is 6.20 Å². The van der Waals surface area contributed by atoms with Crippen molar-refractivity contribution in [3.8, 4) is 0 Å². The van der Waals surface area contributed by atoms with Crippen molar-refractivity contribution in [1.82, 2.24) is 4.98 Å². The van der Waals surface area contributed by atoms with E-state index >= 15 is 0 Å². The number of nitrogens with one attached hydrogen (secondary N) is 1. The molecule has 1 heterocycles. The van der Waals surface area contributed by atoms with Gasteiger partial charge in [0.1, 0.15) is 5.69 Å². The number of anilines is 1. The first-order valence-electron chi connectivity index (χ1n) is 4.95. The number of nitrogens with zero attached hydrogens (tertiary/aromatic N) is 2. The van der Waals surface area contributed by atoms with Crippen LogP contribution in [0.15, 0.2) is 18.3 Å². The number of rotatable bonds is 4. The van der Waals surface area contributed by atoms with E-state index in [2.05, 4.69) is 10.3 Å². The maximum Gasteiger partial charge on any atom is 0.293 e. The number of aromatic nitrogens is 1. The third-order valence-electron chi connectivity index (χ3n) is 2.21. The van der Waals surface area contributed by atoms with E-state index in [9.17, 15) is 10.1 Å². The van der Waals surface area contributed by atoms with Crippen molar-refractivity contribution in [3.05, 3.63) is 47.8 Å². The number of halogens is 3. The predicted octanol–water partition coefficient (Wildman–Crippen LogP) is 4.62. The highest BCUT2D eigenvalue weighted by Gasteiger charge is 2.17. The maximum absolute atomic E-state index is 10.9. The first-order chi connectivity index (χ1) is 8.97. The fourth-order valence-corrected chi connectivity index (χ4v) is 2.62. The summed E-state index contributed by atoms with van der Waals surface area (Å²) in [6.07, 6.45) is 1.60. The van der Waals surface area contributed by atoms with Gasteiger partial charge < -0.3 is 5.32 Å². The van der Waals surface area contributed by atoms with Crippen molar-refractivity contribution < 1.29 is 4.92 Å². The van der Waals surface area contributed by atoms with Crippen molar-refractivity contribution in [2.24, 2.45) is 0 Å². The summed E-state index contributed by atoms with van der Waals surface area (Å²) in [6, 6.07) is 2.64. The second-order valence-electron chi connectivity index (χ2n) is 3.47. The van der Waals surface area contributed by atoms with Gasteiger partial charge in [-0.05, 0) is 6.07 Å². The SMILES string of the molecule is O=[N+]([O-])c1cc(Cl)c(Cl)cc1NCc1cnc(Cl)s1. The molecule has 0 aliphatic heterocycles. The second kappa shape index (κ2) is 5.92. The lowest BCUT2D eigenvalue weighted by Crippen LogP contribution is -2.01. The van der Waals surface area contributed by atoms with Gasteiger partial charge in [0.15, 0.2) is 4.47 Å². The molecule has 2 aromatic rings. The van der Waals surface area contributed by atoms with Gasteiger partial charge in [-0.15, -0.1) is 11.3 Å². The van der Waals surface area contributed by atoms with E-state index in [1.807, 2.05) is 0 Å². The van der Waals surface area contributed by atoms with Crippen LogP contribution in [0.2, 0.25) is 14.5 Å². The molecule has 0 aliphatic rings. The van der Waals surface area contributed by atoms with E-state index in [0.29, 0.717) is 16.7 Å². The molecule has 19 heavy (non-hydrogen) atoms. The van der Waals surface area contributed by atoms with Crippen LogP contribution in [-0.2, 0) is 6.54 Å². The Labute approximate surface area is 127 Å². The highest BCUT2D eigenvalue weighted by Crippen LogP contribution is 2.34. The molecule has 0 fully saturated rings. The van der Waals surface area contributed by atoms with E-state index in [4.69, 9.17) is 34.8 Å². The molecule has 100 valence electrons. The van der Waals surface area contributed by atoms with Gasteiger partial charge in [-0.2, -0.15) is 0 Å². The summed E-state index contributed by atoms with van der Waals surface area (Å²) in [5.74, 6) is 0. The quantitative estimate of drug-likeness (QED) is 0.652. The monoisotopic (exact) mass is 337 g/mol. The highest BCUT2D eigenvalue weighted by atomic mass is 35.5. The molecule has 0 unspecified atom stereocenters. The molecular weight excluding hydrogens is 333 g/mol. The van der Waals surface area contributed by atoms with Crippen molar-refractivity contribution in [3.63, 3.8) is 0 Å². The molecule has 5 nitrogen and oxygen atoms in total. The normalized spacial score (nSPS) is 10.5. The van der Waals surface area contributed by atoms with E-state index in [0.717, 1.165) is 4.88 Å². The molecule has 1 N–H and O–H groups in total. The average Bonchev–Trinajstić information content (AvgIpc) is 2.76. The van der Waals surface area contributed by atoms with Crippen LogP contribution in [0.4, 0.5) is 11.4 Å². The predicted molar refractivity (Wildman–Crippen MR) is 77.6 cm³/mol. The lowest BCUT2D eigenvalue weighted by molar-refractivity contribution is -0.383. The van der Waals surface area contributed by atoms with Crippen LogP contribution in [0.1, 0.15) is 4.88 Å². The molecule has 0 saturated heterocycles. The van der Waals surface area contributed by atoms with Gasteiger partial charge >= 0.3 is 0 Å². The molecule has 0 atom stereocenters. The molecule has 0 bridgehead atoms. The maximum atomic E-state index is 10.9. The Balaban J connectivity index is 2.23. The number of benzene rings is 1. The van der Waals surface area contributed by atoms with Crippen LogP contribution in [-0.4, -0.2) is 9.91 Å². The molecule has 1 aromatic carbocycles. The Kier molecular flexibility index (Phi) is 4.46. The lowest BCUT2D eigenvalue weighted by atomic mass is 10.2. The molecular formula is C10H6Cl3N3O2S. The molecule has 0 spiro atoms. The van der Waals surface area contributed by atoms with Crippen LogP contribution < -0.4 is 5.32 Å². The molecule has 1 aromatic heterocycles. The Morgan fingerprint density at radius 2 is 2.00 bits per heavy atom. The van der Waals surface area contributed by atoms with Crippen molar-refractivity contribution in [1.29, 1.82) is 0 Å². The van der Waals surface area contributed by atoms with E-state index < -0.39 is 4.92 Å². The molecule has 2 rings (SSSR count). The van der Waals surface area contributed by atoms with Crippen molar-refractivity contribution in [2.75, 3.05) is 5.32 Å². The summed E-state index contributed by atoms with van der Waals surface area (Å²) in [6.45, 7) is 0.364. The van der Waals surface area contributed by atoms with Gasteiger partial charge in [-0.1, -0.05) is 34.8 Å². The zero-order valence-electron chi connectivity index (χ0n) is 9.19. The zero-order valence-corrected chi connectivity index (χ0v) is 12.3. The highest BCUT2D eigenvalue weighted by molar-refractivity contribution is 7.15. The minimum absolute atomic E-state index is 0.134. The number of hydrogen-bond donors (Lipinski definition) is 1.